The second-order valence-electron chi connectivity index (χ2n) is 3.82. The second kappa shape index (κ2) is 4.39. The Morgan fingerprint density at radius 1 is 1.42 bits per heavy atom. The molecule has 3 rings (SSSR count). The van der Waals surface area contributed by atoms with Crippen LogP contribution < -0.4 is 5.69 Å². The lowest BCUT2D eigenvalue weighted by molar-refractivity contribution is 0.111. The highest BCUT2D eigenvalue weighted by molar-refractivity contribution is 7.99. The SMILES string of the molecule is Cn1c(Sc2nc3ccccn3c2C=O)n[nH]c1=O. The molecule has 0 aliphatic carbocycles. The van der Waals surface area contributed by atoms with E-state index in [1.54, 1.807) is 23.7 Å². The minimum absolute atomic E-state index is 0.307. The van der Waals surface area contributed by atoms with E-state index in [2.05, 4.69) is 15.2 Å². The summed E-state index contributed by atoms with van der Waals surface area (Å²) in [4.78, 5) is 26.9. The summed E-state index contributed by atoms with van der Waals surface area (Å²) in [6.07, 6.45) is 2.51. The Labute approximate surface area is 111 Å². The third-order valence-electron chi connectivity index (χ3n) is 2.67. The lowest BCUT2D eigenvalue weighted by atomic mass is 10.4. The molecule has 0 aromatic carbocycles. The van der Waals surface area contributed by atoms with Crippen LogP contribution in [0.15, 0.2) is 39.4 Å². The molecule has 0 aliphatic rings. The van der Waals surface area contributed by atoms with E-state index < -0.39 is 0 Å². The number of fused-ring (bicyclic) bond motifs is 1. The predicted molar refractivity (Wildman–Crippen MR) is 68.5 cm³/mol. The third-order valence-corrected chi connectivity index (χ3v) is 3.71. The molecule has 8 heteroatoms. The Hall–Kier alpha value is -2.35. The monoisotopic (exact) mass is 275 g/mol. The van der Waals surface area contributed by atoms with Crippen molar-refractivity contribution < 1.29 is 4.79 Å². The molecule has 7 nitrogen and oxygen atoms in total. The average molecular weight is 275 g/mol. The first-order chi connectivity index (χ1) is 9.20. The maximum Gasteiger partial charge on any atom is 0.343 e. The number of pyridine rings is 1. The van der Waals surface area contributed by atoms with Gasteiger partial charge in [0.15, 0.2) is 11.4 Å². The zero-order valence-electron chi connectivity index (χ0n) is 9.90. The number of imidazole rings is 1. The van der Waals surface area contributed by atoms with Crippen LogP contribution in [0.3, 0.4) is 0 Å². The first kappa shape index (κ1) is 11.7. The molecule has 1 N–H and O–H groups in total. The summed E-state index contributed by atoms with van der Waals surface area (Å²) in [5.74, 6) is 0. The van der Waals surface area contributed by atoms with Crippen molar-refractivity contribution in [3.8, 4) is 0 Å². The smallest absolute Gasteiger partial charge is 0.296 e. The molecular formula is C11H9N5O2S. The van der Waals surface area contributed by atoms with Crippen LogP contribution in [-0.2, 0) is 7.05 Å². The van der Waals surface area contributed by atoms with Crippen LogP contribution in [0.25, 0.3) is 5.65 Å². The zero-order valence-corrected chi connectivity index (χ0v) is 10.7. The summed E-state index contributed by atoms with van der Waals surface area (Å²) < 4.78 is 3.06. The van der Waals surface area contributed by atoms with Gasteiger partial charge in [-0.15, -0.1) is 5.10 Å². The molecule has 0 saturated carbocycles. The van der Waals surface area contributed by atoms with Gasteiger partial charge >= 0.3 is 5.69 Å². The number of aldehydes is 1. The van der Waals surface area contributed by atoms with Crippen LogP contribution in [0.4, 0.5) is 0 Å². The van der Waals surface area contributed by atoms with Crippen molar-refractivity contribution in [2.75, 3.05) is 0 Å². The van der Waals surface area contributed by atoms with Gasteiger partial charge in [-0.2, -0.15) is 0 Å². The zero-order chi connectivity index (χ0) is 13.4. The van der Waals surface area contributed by atoms with Crippen LogP contribution in [-0.4, -0.2) is 30.4 Å². The summed E-state index contributed by atoms with van der Waals surface area (Å²) in [5, 5.41) is 7.19. The predicted octanol–water partition coefficient (Wildman–Crippen LogP) is 0.720. The van der Waals surface area contributed by atoms with Crippen LogP contribution in [0, 0.1) is 0 Å². The number of H-pyrrole nitrogens is 1. The Bertz CT molecular complexity index is 816. The van der Waals surface area contributed by atoms with E-state index in [4.69, 9.17) is 0 Å². The van der Waals surface area contributed by atoms with Crippen molar-refractivity contribution in [2.24, 2.45) is 7.05 Å². The maximum absolute atomic E-state index is 11.3. The minimum atomic E-state index is -0.307. The van der Waals surface area contributed by atoms with Crippen LogP contribution in [0.2, 0.25) is 0 Å². The van der Waals surface area contributed by atoms with E-state index in [1.807, 2.05) is 12.1 Å². The van der Waals surface area contributed by atoms with Crippen LogP contribution in [0.1, 0.15) is 10.5 Å². The van der Waals surface area contributed by atoms with Crippen molar-refractivity contribution in [2.45, 2.75) is 10.2 Å². The number of hydrogen-bond acceptors (Lipinski definition) is 5. The highest BCUT2D eigenvalue weighted by Gasteiger charge is 2.15. The van der Waals surface area contributed by atoms with Crippen molar-refractivity contribution in [1.82, 2.24) is 24.1 Å². The van der Waals surface area contributed by atoms with Crippen LogP contribution in [0.5, 0.6) is 0 Å². The second-order valence-corrected chi connectivity index (χ2v) is 4.78. The molecule has 0 unspecified atom stereocenters. The molecule has 0 spiro atoms. The number of hydrogen-bond donors (Lipinski definition) is 1. The molecule has 3 aromatic rings. The normalized spacial score (nSPS) is 11.0. The molecule has 0 bridgehead atoms. The molecule has 3 aromatic heterocycles. The van der Waals surface area contributed by atoms with Gasteiger partial charge in [-0.25, -0.2) is 14.9 Å². The largest absolute Gasteiger partial charge is 0.343 e. The first-order valence-corrected chi connectivity index (χ1v) is 6.24. The number of rotatable bonds is 3. The number of aromatic nitrogens is 5. The van der Waals surface area contributed by atoms with Gasteiger partial charge in [0.1, 0.15) is 16.4 Å². The maximum atomic E-state index is 11.3. The summed E-state index contributed by atoms with van der Waals surface area (Å²) in [6.45, 7) is 0. The van der Waals surface area contributed by atoms with Gasteiger partial charge in [-0.05, 0) is 23.9 Å². The van der Waals surface area contributed by atoms with Gasteiger partial charge in [0, 0.05) is 13.2 Å². The van der Waals surface area contributed by atoms with E-state index >= 15 is 0 Å². The van der Waals surface area contributed by atoms with Gasteiger partial charge in [-0.1, -0.05) is 6.07 Å². The molecule has 3 heterocycles. The fourth-order valence-electron chi connectivity index (χ4n) is 1.69. The van der Waals surface area contributed by atoms with E-state index in [9.17, 15) is 9.59 Å². The third kappa shape index (κ3) is 1.85. The van der Waals surface area contributed by atoms with Gasteiger partial charge in [-0.3, -0.25) is 13.8 Å². The number of nitrogens with one attached hydrogen (secondary N) is 1. The van der Waals surface area contributed by atoms with Crippen molar-refractivity contribution >= 4 is 23.7 Å². The van der Waals surface area contributed by atoms with E-state index in [1.165, 1.54) is 16.3 Å². The number of nitrogens with zero attached hydrogens (tertiary/aromatic N) is 4. The summed E-state index contributed by atoms with van der Waals surface area (Å²) in [7, 11) is 1.60. The lowest BCUT2D eigenvalue weighted by Gasteiger charge is -1.97. The molecule has 0 atom stereocenters. The molecule has 96 valence electrons. The van der Waals surface area contributed by atoms with Gasteiger partial charge in [0.2, 0.25) is 0 Å². The van der Waals surface area contributed by atoms with Gasteiger partial charge < -0.3 is 0 Å². The molecule has 0 saturated heterocycles. The summed E-state index contributed by atoms with van der Waals surface area (Å²) in [6, 6.07) is 5.47. The van der Waals surface area contributed by atoms with Crippen molar-refractivity contribution in [3.63, 3.8) is 0 Å². The molecule has 0 aliphatic heterocycles. The molecule has 19 heavy (non-hydrogen) atoms. The van der Waals surface area contributed by atoms with Gasteiger partial charge in [0.05, 0.1) is 0 Å². The Balaban J connectivity index is 2.12. The van der Waals surface area contributed by atoms with E-state index in [-0.39, 0.29) is 5.69 Å². The van der Waals surface area contributed by atoms with E-state index in [0.29, 0.717) is 21.5 Å². The fraction of sp³-hybridized carbons (Fsp3) is 0.0909. The van der Waals surface area contributed by atoms with E-state index in [0.717, 1.165) is 6.29 Å². The molecular weight excluding hydrogens is 266 g/mol. The number of aromatic amines is 1. The number of carbonyl (C=O) groups excluding carboxylic acids is 1. The quantitative estimate of drug-likeness (QED) is 0.712. The van der Waals surface area contributed by atoms with Crippen LogP contribution >= 0.6 is 11.8 Å². The van der Waals surface area contributed by atoms with Crippen molar-refractivity contribution in [1.29, 1.82) is 0 Å². The standard InChI is InChI=1S/C11H9N5O2S/c1-15-10(18)13-14-11(15)19-9-7(6-17)16-5-3-2-4-8(16)12-9/h2-6H,1H3,(H,13,18). The summed E-state index contributed by atoms with van der Waals surface area (Å²) >= 11 is 1.17. The van der Waals surface area contributed by atoms with Gasteiger partial charge in [0.25, 0.3) is 0 Å². The highest BCUT2D eigenvalue weighted by Crippen LogP contribution is 2.27. The molecule has 0 amide bonds. The Morgan fingerprint density at radius 2 is 2.26 bits per heavy atom. The highest BCUT2D eigenvalue weighted by atomic mass is 32.2. The van der Waals surface area contributed by atoms with Crippen molar-refractivity contribution in [3.05, 3.63) is 40.6 Å². The average Bonchev–Trinajstić information content (AvgIpc) is 2.93. The molecule has 0 radical (unpaired) electrons. The first-order valence-electron chi connectivity index (χ1n) is 5.42. The fourth-order valence-corrected chi connectivity index (χ4v) is 2.56. The Kier molecular flexibility index (Phi) is 2.71. The topological polar surface area (TPSA) is 85.0 Å². The number of carbonyl (C=O) groups is 1. The lowest BCUT2D eigenvalue weighted by Crippen LogP contribution is -2.12. The Morgan fingerprint density at radius 3 is 2.95 bits per heavy atom. The molecule has 0 fully saturated rings. The summed E-state index contributed by atoms with van der Waals surface area (Å²) in [5.41, 5.74) is 0.808. The minimum Gasteiger partial charge on any atom is -0.296 e.